The van der Waals surface area contributed by atoms with Crippen LogP contribution in [0.5, 0.6) is 0 Å². The molecule has 0 saturated carbocycles. The molecule has 1 aromatic carbocycles. The zero-order valence-corrected chi connectivity index (χ0v) is 15.6. The lowest BCUT2D eigenvalue weighted by atomic mass is 10.1. The van der Waals surface area contributed by atoms with Crippen molar-refractivity contribution in [3.63, 3.8) is 0 Å². The molecule has 0 aliphatic carbocycles. The van der Waals surface area contributed by atoms with Gasteiger partial charge in [0.1, 0.15) is 5.82 Å². The summed E-state index contributed by atoms with van der Waals surface area (Å²) in [7, 11) is 1.93. The van der Waals surface area contributed by atoms with Gasteiger partial charge in [-0.3, -0.25) is 4.68 Å². The van der Waals surface area contributed by atoms with Gasteiger partial charge in [-0.15, -0.1) is 10.2 Å². The van der Waals surface area contributed by atoms with Gasteiger partial charge in [0.25, 0.3) is 0 Å². The molecule has 27 heavy (non-hydrogen) atoms. The second kappa shape index (κ2) is 7.03. The standard InChI is InChI=1S/C20H21N7/c1-14-11-15(2)27(24-14)19-10-9-18(22-23-19)21-12-17-13-26(3)25-20(17)16-7-5-4-6-8-16/h4-11,13H,12H2,1-3H3,(H,21,22). The second-order valence-electron chi connectivity index (χ2n) is 6.51. The van der Waals surface area contributed by atoms with Gasteiger partial charge in [0.2, 0.25) is 0 Å². The zero-order valence-electron chi connectivity index (χ0n) is 15.6. The van der Waals surface area contributed by atoms with Gasteiger partial charge in [-0.2, -0.15) is 10.2 Å². The predicted molar refractivity (Wildman–Crippen MR) is 105 cm³/mol. The van der Waals surface area contributed by atoms with Gasteiger partial charge in [-0.05, 0) is 32.0 Å². The number of benzene rings is 1. The van der Waals surface area contributed by atoms with E-state index in [1.807, 2.05) is 68.2 Å². The molecule has 0 aliphatic rings. The maximum Gasteiger partial charge on any atom is 0.176 e. The van der Waals surface area contributed by atoms with Gasteiger partial charge in [0, 0.05) is 36.6 Å². The molecule has 4 rings (SSSR count). The Morgan fingerprint density at radius 1 is 0.963 bits per heavy atom. The molecule has 1 N–H and O–H groups in total. The smallest absolute Gasteiger partial charge is 0.176 e. The topological polar surface area (TPSA) is 73.5 Å². The van der Waals surface area contributed by atoms with Crippen LogP contribution in [0.2, 0.25) is 0 Å². The lowest BCUT2D eigenvalue weighted by molar-refractivity contribution is 0.769. The first-order valence-corrected chi connectivity index (χ1v) is 8.79. The average molecular weight is 359 g/mol. The minimum Gasteiger partial charge on any atom is -0.364 e. The molecular weight excluding hydrogens is 338 g/mol. The molecule has 4 aromatic rings. The van der Waals surface area contributed by atoms with E-state index in [1.165, 1.54) is 0 Å². The van der Waals surface area contributed by atoms with E-state index in [2.05, 4.69) is 37.8 Å². The normalized spacial score (nSPS) is 10.9. The van der Waals surface area contributed by atoms with Crippen molar-refractivity contribution >= 4 is 5.82 Å². The first-order chi connectivity index (χ1) is 13.1. The summed E-state index contributed by atoms with van der Waals surface area (Å²) in [5.41, 5.74) is 5.17. The van der Waals surface area contributed by atoms with Crippen LogP contribution in [0.1, 0.15) is 17.0 Å². The molecule has 7 heteroatoms. The Balaban J connectivity index is 1.51. The fourth-order valence-electron chi connectivity index (χ4n) is 3.09. The zero-order chi connectivity index (χ0) is 18.8. The molecule has 0 saturated heterocycles. The molecule has 3 heterocycles. The van der Waals surface area contributed by atoms with Crippen molar-refractivity contribution in [1.29, 1.82) is 0 Å². The Bertz CT molecular complexity index is 1050. The summed E-state index contributed by atoms with van der Waals surface area (Å²) in [4.78, 5) is 0. The predicted octanol–water partition coefficient (Wildman–Crippen LogP) is 3.29. The highest BCUT2D eigenvalue weighted by molar-refractivity contribution is 5.63. The van der Waals surface area contributed by atoms with E-state index in [9.17, 15) is 0 Å². The maximum atomic E-state index is 4.59. The number of hydrogen-bond acceptors (Lipinski definition) is 5. The largest absolute Gasteiger partial charge is 0.364 e. The van der Waals surface area contributed by atoms with Gasteiger partial charge < -0.3 is 5.32 Å². The summed E-state index contributed by atoms with van der Waals surface area (Å²) in [6, 6.07) is 16.0. The fraction of sp³-hybridized carbons (Fsp3) is 0.200. The first-order valence-electron chi connectivity index (χ1n) is 8.79. The molecule has 0 aliphatic heterocycles. The van der Waals surface area contributed by atoms with Crippen LogP contribution in [0.3, 0.4) is 0 Å². The summed E-state index contributed by atoms with van der Waals surface area (Å²) in [5.74, 6) is 1.42. The van der Waals surface area contributed by atoms with E-state index in [0.717, 1.165) is 28.2 Å². The van der Waals surface area contributed by atoms with Gasteiger partial charge in [0.15, 0.2) is 5.82 Å². The number of rotatable bonds is 5. The van der Waals surface area contributed by atoms with Crippen molar-refractivity contribution < 1.29 is 0 Å². The molecule has 136 valence electrons. The lowest BCUT2D eigenvalue weighted by Gasteiger charge is -2.07. The van der Waals surface area contributed by atoms with Crippen molar-refractivity contribution in [3.05, 3.63) is 71.7 Å². The Morgan fingerprint density at radius 2 is 1.78 bits per heavy atom. The number of hydrogen-bond donors (Lipinski definition) is 1. The number of nitrogens with zero attached hydrogens (tertiary/aromatic N) is 6. The summed E-state index contributed by atoms with van der Waals surface area (Å²) in [6.45, 7) is 4.58. The lowest BCUT2D eigenvalue weighted by Crippen LogP contribution is -2.06. The summed E-state index contributed by atoms with van der Waals surface area (Å²) < 4.78 is 3.62. The van der Waals surface area contributed by atoms with E-state index >= 15 is 0 Å². The van der Waals surface area contributed by atoms with Crippen molar-refractivity contribution in [1.82, 2.24) is 29.8 Å². The van der Waals surface area contributed by atoms with Crippen molar-refractivity contribution in [2.24, 2.45) is 7.05 Å². The van der Waals surface area contributed by atoms with Crippen LogP contribution in [0.15, 0.2) is 54.7 Å². The number of aryl methyl sites for hydroxylation is 3. The Kier molecular flexibility index (Phi) is 4.42. The third-order valence-electron chi connectivity index (χ3n) is 4.29. The molecule has 0 spiro atoms. The Morgan fingerprint density at radius 3 is 2.44 bits per heavy atom. The average Bonchev–Trinajstić information content (AvgIpc) is 3.22. The summed E-state index contributed by atoms with van der Waals surface area (Å²) >= 11 is 0. The van der Waals surface area contributed by atoms with Crippen LogP contribution in [-0.4, -0.2) is 29.8 Å². The summed E-state index contributed by atoms with van der Waals surface area (Å²) in [5, 5.41) is 20.9. The third-order valence-corrected chi connectivity index (χ3v) is 4.29. The molecule has 0 radical (unpaired) electrons. The highest BCUT2D eigenvalue weighted by Crippen LogP contribution is 2.22. The number of nitrogens with one attached hydrogen (secondary N) is 1. The van der Waals surface area contributed by atoms with Crippen LogP contribution in [0.4, 0.5) is 5.82 Å². The van der Waals surface area contributed by atoms with E-state index < -0.39 is 0 Å². The maximum absolute atomic E-state index is 4.59. The third kappa shape index (κ3) is 3.57. The summed E-state index contributed by atoms with van der Waals surface area (Å²) in [6.07, 6.45) is 2.02. The van der Waals surface area contributed by atoms with Crippen LogP contribution in [-0.2, 0) is 13.6 Å². The molecule has 0 amide bonds. The van der Waals surface area contributed by atoms with Gasteiger partial charge >= 0.3 is 0 Å². The Hall–Kier alpha value is -3.48. The minimum atomic E-state index is 0.617. The molecule has 0 unspecified atom stereocenters. The molecule has 0 atom stereocenters. The van der Waals surface area contributed by atoms with Crippen LogP contribution >= 0.6 is 0 Å². The molecule has 0 fully saturated rings. The van der Waals surface area contributed by atoms with Crippen molar-refractivity contribution in [2.75, 3.05) is 5.32 Å². The van der Waals surface area contributed by atoms with Gasteiger partial charge in [0.05, 0.1) is 11.4 Å². The monoisotopic (exact) mass is 359 g/mol. The van der Waals surface area contributed by atoms with E-state index in [4.69, 9.17) is 0 Å². The van der Waals surface area contributed by atoms with Crippen LogP contribution in [0, 0.1) is 13.8 Å². The molecule has 0 bridgehead atoms. The number of anilines is 1. The highest BCUT2D eigenvalue weighted by atomic mass is 15.4. The van der Waals surface area contributed by atoms with E-state index in [0.29, 0.717) is 18.2 Å². The number of aromatic nitrogens is 6. The van der Waals surface area contributed by atoms with Crippen LogP contribution in [0.25, 0.3) is 17.1 Å². The molecule has 7 nitrogen and oxygen atoms in total. The van der Waals surface area contributed by atoms with E-state index in [1.54, 1.807) is 4.68 Å². The second-order valence-corrected chi connectivity index (χ2v) is 6.51. The van der Waals surface area contributed by atoms with Crippen molar-refractivity contribution in [2.45, 2.75) is 20.4 Å². The SMILES string of the molecule is Cc1cc(C)n(-c2ccc(NCc3cn(C)nc3-c3ccccc3)nn2)n1. The molecule has 3 aromatic heterocycles. The first kappa shape index (κ1) is 17.0. The van der Waals surface area contributed by atoms with Gasteiger partial charge in [-0.25, -0.2) is 4.68 Å². The van der Waals surface area contributed by atoms with Crippen LogP contribution < -0.4 is 5.32 Å². The Labute approximate surface area is 157 Å². The van der Waals surface area contributed by atoms with E-state index in [-0.39, 0.29) is 0 Å². The highest BCUT2D eigenvalue weighted by Gasteiger charge is 2.10. The quantitative estimate of drug-likeness (QED) is 0.592. The fourth-order valence-corrected chi connectivity index (χ4v) is 3.09. The minimum absolute atomic E-state index is 0.617. The van der Waals surface area contributed by atoms with Crippen molar-refractivity contribution in [3.8, 4) is 17.1 Å². The molecular formula is C20H21N7. The van der Waals surface area contributed by atoms with Gasteiger partial charge in [-0.1, -0.05) is 30.3 Å².